The van der Waals surface area contributed by atoms with Gasteiger partial charge in [-0.3, -0.25) is 4.18 Å². The molecule has 1 aromatic rings. The molecule has 3 nitrogen and oxygen atoms in total. The molecule has 0 atom stereocenters. The van der Waals surface area contributed by atoms with Crippen LogP contribution in [0, 0.1) is 12.8 Å². The second-order valence-electron chi connectivity index (χ2n) is 4.70. The molecule has 0 radical (unpaired) electrons. The summed E-state index contributed by atoms with van der Waals surface area (Å²) in [5.74, 6) is -1.45. The van der Waals surface area contributed by atoms with E-state index < -0.39 is 28.3 Å². The van der Waals surface area contributed by atoms with Gasteiger partial charge in [0, 0.05) is 0 Å². The van der Waals surface area contributed by atoms with Crippen LogP contribution in [-0.2, 0) is 14.3 Å². The molecular weight excluding hydrogens is 281 g/mol. The van der Waals surface area contributed by atoms with E-state index in [-0.39, 0.29) is 17.7 Å². The number of hydrogen-bond acceptors (Lipinski definition) is 3. The van der Waals surface area contributed by atoms with Gasteiger partial charge in [0.25, 0.3) is 10.1 Å². The molecule has 0 N–H and O–H groups in total. The molecule has 1 fully saturated rings. The molecule has 0 spiro atoms. The summed E-state index contributed by atoms with van der Waals surface area (Å²) >= 11 is 0. The minimum atomic E-state index is -4.27. The molecule has 106 valence electrons. The van der Waals surface area contributed by atoms with Crippen LogP contribution in [0.4, 0.5) is 13.2 Å². The molecule has 19 heavy (non-hydrogen) atoms. The van der Waals surface area contributed by atoms with E-state index in [4.69, 9.17) is 4.18 Å². The Labute approximate surface area is 109 Å². The van der Waals surface area contributed by atoms with E-state index in [0.717, 1.165) is 5.56 Å². The molecule has 0 aromatic heterocycles. The molecule has 0 saturated heterocycles. The quantitative estimate of drug-likeness (QED) is 0.805. The van der Waals surface area contributed by atoms with Gasteiger partial charge >= 0.3 is 6.18 Å². The average Bonchev–Trinajstić information content (AvgIpc) is 2.22. The molecule has 2 rings (SSSR count). The van der Waals surface area contributed by atoms with Crippen molar-refractivity contribution in [2.24, 2.45) is 5.92 Å². The van der Waals surface area contributed by atoms with Crippen LogP contribution in [0.15, 0.2) is 29.2 Å². The maximum atomic E-state index is 12.3. The zero-order chi connectivity index (χ0) is 14.3. The topological polar surface area (TPSA) is 43.4 Å². The fourth-order valence-corrected chi connectivity index (χ4v) is 2.95. The third-order valence-corrected chi connectivity index (χ3v) is 4.51. The van der Waals surface area contributed by atoms with Gasteiger partial charge in [0.2, 0.25) is 0 Å². The number of aryl methyl sites for hydroxylation is 1. The molecule has 0 bridgehead atoms. The summed E-state index contributed by atoms with van der Waals surface area (Å²) in [7, 11) is -3.97. The summed E-state index contributed by atoms with van der Waals surface area (Å²) in [5, 5.41) is 0. The monoisotopic (exact) mass is 294 g/mol. The van der Waals surface area contributed by atoms with Crippen molar-refractivity contribution in [2.75, 3.05) is 0 Å². The highest BCUT2D eigenvalue weighted by Gasteiger charge is 2.49. The number of hydrogen-bond donors (Lipinski definition) is 0. The smallest absolute Gasteiger partial charge is 0.263 e. The largest absolute Gasteiger partial charge is 0.392 e. The summed E-state index contributed by atoms with van der Waals surface area (Å²) in [6, 6.07) is 5.97. The van der Waals surface area contributed by atoms with Crippen LogP contribution >= 0.6 is 0 Å². The SMILES string of the molecule is Cc1ccc(S(=O)(=O)O[C@H]2C[C@H](C(F)(F)F)C2)cc1. The molecule has 0 aliphatic heterocycles. The van der Waals surface area contributed by atoms with Crippen molar-refractivity contribution >= 4 is 10.1 Å². The first-order valence-corrected chi connectivity index (χ1v) is 7.16. The minimum absolute atomic E-state index is 0.0337. The van der Waals surface area contributed by atoms with Gasteiger partial charge in [0.05, 0.1) is 16.9 Å². The van der Waals surface area contributed by atoms with Crippen molar-refractivity contribution in [2.45, 2.75) is 36.9 Å². The van der Waals surface area contributed by atoms with Crippen molar-refractivity contribution in [3.8, 4) is 0 Å². The van der Waals surface area contributed by atoms with Gasteiger partial charge in [-0.2, -0.15) is 21.6 Å². The summed E-state index contributed by atoms with van der Waals surface area (Å²) in [4.78, 5) is -0.0337. The highest BCUT2D eigenvalue weighted by atomic mass is 32.2. The molecule has 1 aliphatic rings. The van der Waals surface area contributed by atoms with Crippen molar-refractivity contribution in [1.29, 1.82) is 0 Å². The molecule has 1 aromatic carbocycles. The van der Waals surface area contributed by atoms with E-state index in [0.29, 0.717) is 0 Å². The van der Waals surface area contributed by atoms with E-state index >= 15 is 0 Å². The predicted molar refractivity (Wildman–Crippen MR) is 62.0 cm³/mol. The Hall–Kier alpha value is -1.08. The Morgan fingerprint density at radius 2 is 1.68 bits per heavy atom. The highest BCUT2D eigenvalue weighted by Crippen LogP contribution is 2.43. The van der Waals surface area contributed by atoms with Crippen LogP contribution in [-0.4, -0.2) is 20.7 Å². The van der Waals surface area contributed by atoms with E-state index in [2.05, 4.69) is 0 Å². The first-order valence-electron chi connectivity index (χ1n) is 5.75. The molecule has 0 amide bonds. The van der Waals surface area contributed by atoms with Gasteiger partial charge in [-0.1, -0.05) is 17.7 Å². The molecule has 0 heterocycles. The zero-order valence-corrected chi connectivity index (χ0v) is 11.0. The van der Waals surface area contributed by atoms with E-state index in [1.165, 1.54) is 12.1 Å². The predicted octanol–water partition coefficient (Wildman–Crippen LogP) is 3.04. The summed E-state index contributed by atoms with van der Waals surface area (Å²) in [6.45, 7) is 1.80. The van der Waals surface area contributed by atoms with Gasteiger partial charge in [0.15, 0.2) is 0 Å². The minimum Gasteiger partial charge on any atom is -0.263 e. The van der Waals surface area contributed by atoms with Gasteiger partial charge < -0.3 is 0 Å². The van der Waals surface area contributed by atoms with Crippen LogP contribution < -0.4 is 0 Å². The Morgan fingerprint density at radius 1 is 1.16 bits per heavy atom. The number of benzene rings is 1. The van der Waals surface area contributed by atoms with E-state index in [1.54, 1.807) is 19.1 Å². The fourth-order valence-electron chi connectivity index (χ4n) is 1.85. The first-order chi connectivity index (χ1) is 8.68. The molecule has 7 heteroatoms. The Bertz CT molecular complexity index is 543. The van der Waals surface area contributed by atoms with Crippen molar-refractivity contribution in [3.05, 3.63) is 29.8 Å². The molecular formula is C12H13F3O3S. The van der Waals surface area contributed by atoms with Gasteiger partial charge in [-0.05, 0) is 31.9 Å². The third-order valence-electron chi connectivity index (χ3n) is 3.13. The maximum Gasteiger partial charge on any atom is 0.392 e. The normalized spacial score (nSPS) is 24.0. The van der Waals surface area contributed by atoms with Crippen LogP contribution in [0.5, 0.6) is 0 Å². The number of rotatable bonds is 3. The zero-order valence-electron chi connectivity index (χ0n) is 10.1. The molecule has 1 saturated carbocycles. The van der Waals surface area contributed by atoms with Crippen LogP contribution in [0.25, 0.3) is 0 Å². The average molecular weight is 294 g/mol. The molecule has 1 aliphatic carbocycles. The van der Waals surface area contributed by atoms with E-state index in [1.807, 2.05) is 0 Å². The second-order valence-corrected chi connectivity index (χ2v) is 6.27. The Balaban J connectivity index is 1.99. The summed E-state index contributed by atoms with van der Waals surface area (Å²) in [5.41, 5.74) is 0.889. The Kier molecular flexibility index (Phi) is 3.61. The van der Waals surface area contributed by atoms with Crippen LogP contribution in [0.2, 0.25) is 0 Å². The lowest BCUT2D eigenvalue weighted by Gasteiger charge is -2.35. The first kappa shape index (κ1) is 14.3. The third kappa shape index (κ3) is 3.27. The van der Waals surface area contributed by atoms with Gasteiger partial charge in [0.1, 0.15) is 0 Å². The summed E-state index contributed by atoms with van der Waals surface area (Å²) < 4.78 is 65.2. The highest BCUT2D eigenvalue weighted by molar-refractivity contribution is 7.86. The van der Waals surface area contributed by atoms with E-state index in [9.17, 15) is 21.6 Å². The lowest BCUT2D eigenvalue weighted by Crippen LogP contribution is -2.41. The number of alkyl halides is 3. The fraction of sp³-hybridized carbons (Fsp3) is 0.500. The van der Waals surface area contributed by atoms with Crippen molar-refractivity contribution in [1.82, 2.24) is 0 Å². The second kappa shape index (κ2) is 4.79. The van der Waals surface area contributed by atoms with Crippen LogP contribution in [0.3, 0.4) is 0 Å². The van der Waals surface area contributed by atoms with Gasteiger partial charge in [-0.25, -0.2) is 0 Å². The Morgan fingerprint density at radius 3 is 2.16 bits per heavy atom. The standard InChI is InChI=1S/C12H13F3O3S/c1-8-2-4-11(5-3-8)19(16,17)18-10-6-9(7-10)12(13,14)15/h2-5,9-10H,6-7H2,1H3/t9-,10-. The maximum absolute atomic E-state index is 12.3. The van der Waals surface area contributed by atoms with Gasteiger partial charge in [-0.15, -0.1) is 0 Å². The van der Waals surface area contributed by atoms with Crippen molar-refractivity contribution in [3.63, 3.8) is 0 Å². The van der Waals surface area contributed by atoms with Crippen molar-refractivity contribution < 1.29 is 25.8 Å². The van der Waals surface area contributed by atoms with Crippen LogP contribution in [0.1, 0.15) is 18.4 Å². The number of halogens is 3. The summed E-state index contributed by atoms with van der Waals surface area (Å²) in [6.07, 6.45) is -5.74. The lowest BCUT2D eigenvalue weighted by molar-refractivity contribution is -0.210. The lowest BCUT2D eigenvalue weighted by atomic mass is 9.82. The molecule has 0 unspecified atom stereocenters.